The van der Waals surface area contributed by atoms with E-state index in [9.17, 15) is 9.18 Å². The highest BCUT2D eigenvalue weighted by molar-refractivity contribution is 5.77. The van der Waals surface area contributed by atoms with Crippen LogP contribution in [-0.4, -0.2) is 30.7 Å². The number of nitrogens with one attached hydrogen (secondary N) is 1. The van der Waals surface area contributed by atoms with Gasteiger partial charge in [-0.25, -0.2) is 9.18 Å². The first kappa shape index (κ1) is 18.1. The van der Waals surface area contributed by atoms with Crippen LogP contribution < -0.4 is 5.32 Å². The summed E-state index contributed by atoms with van der Waals surface area (Å²) in [7, 11) is 0. The molecule has 0 saturated carbocycles. The third kappa shape index (κ3) is 4.70. The smallest absolute Gasteiger partial charge is 0.411 e. The molecule has 1 aliphatic rings. The molecule has 0 bridgehead atoms. The largest absolute Gasteiger partial charge is 0.450 e. The van der Waals surface area contributed by atoms with Crippen molar-refractivity contribution < 1.29 is 13.9 Å². The van der Waals surface area contributed by atoms with Crippen molar-refractivity contribution >= 4 is 11.7 Å². The zero-order valence-corrected chi connectivity index (χ0v) is 14.9. The van der Waals surface area contributed by atoms with Crippen LogP contribution in [0.3, 0.4) is 0 Å². The molecule has 0 aliphatic carbocycles. The second-order valence-corrected chi connectivity index (χ2v) is 6.26. The maximum atomic E-state index is 13.3. The van der Waals surface area contributed by atoms with E-state index in [2.05, 4.69) is 22.3 Å². The van der Waals surface area contributed by atoms with E-state index in [-0.39, 0.29) is 5.82 Å². The van der Waals surface area contributed by atoms with Gasteiger partial charge in [0.2, 0.25) is 0 Å². The molecular formula is C21H23FN2O2. The Morgan fingerprint density at radius 2 is 1.88 bits per heavy atom. The predicted molar refractivity (Wildman–Crippen MR) is 99.8 cm³/mol. The molecule has 4 nitrogen and oxygen atoms in total. The number of amides is 1. The Balaban J connectivity index is 1.83. The summed E-state index contributed by atoms with van der Waals surface area (Å²) < 4.78 is 18.3. The first-order valence-corrected chi connectivity index (χ1v) is 8.83. The van der Waals surface area contributed by atoms with Crippen molar-refractivity contribution in [3.63, 3.8) is 0 Å². The number of carbonyl (C=O) groups is 1. The molecule has 0 radical (unpaired) electrons. The summed E-state index contributed by atoms with van der Waals surface area (Å²) in [6.45, 7) is 4.45. The molecule has 26 heavy (non-hydrogen) atoms. The number of carbonyl (C=O) groups excluding carboxylic acids is 1. The number of nitrogens with zero attached hydrogens (tertiary/aromatic N) is 1. The Morgan fingerprint density at radius 1 is 1.15 bits per heavy atom. The molecule has 1 heterocycles. The van der Waals surface area contributed by atoms with Gasteiger partial charge in [-0.2, -0.15) is 0 Å². The average molecular weight is 354 g/mol. The minimum Gasteiger partial charge on any atom is -0.450 e. The van der Waals surface area contributed by atoms with Crippen molar-refractivity contribution in [1.82, 2.24) is 10.2 Å². The van der Waals surface area contributed by atoms with Gasteiger partial charge in [-0.1, -0.05) is 42.5 Å². The van der Waals surface area contributed by atoms with Gasteiger partial charge in [0.25, 0.3) is 0 Å². The lowest BCUT2D eigenvalue weighted by atomic mass is 9.97. The fourth-order valence-corrected chi connectivity index (χ4v) is 3.14. The monoisotopic (exact) mass is 354 g/mol. The average Bonchev–Trinajstić information content (AvgIpc) is 2.65. The lowest BCUT2D eigenvalue weighted by Gasteiger charge is -2.31. The second-order valence-electron chi connectivity index (χ2n) is 6.26. The van der Waals surface area contributed by atoms with E-state index in [1.165, 1.54) is 17.7 Å². The third-order valence-electron chi connectivity index (χ3n) is 4.39. The van der Waals surface area contributed by atoms with Gasteiger partial charge in [-0.15, -0.1) is 0 Å². The maximum Gasteiger partial charge on any atom is 0.411 e. The number of alkyl carbamates (subject to hydrolysis) is 1. The van der Waals surface area contributed by atoms with E-state index in [0.717, 1.165) is 29.9 Å². The molecule has 2 aromatic rings. The Kier molecular flexibility index (Phi) is 6.02. The topological polar surface area (TPSA) is 41.6 Å². The zero-order chi connectivity index (χ0) is 18.4. The summed E-state index contributed by atoms with van der Waals surface area (Å²) in [5.41, 5.74) is 4.00. The van der Waals surface area contributed by atoms with Gasteiger partial charge in [0.1, 0.15) is 5.82 Å². The molecular weight excluding hydrogens is 331 g/mol. The molecule has 0 atom stereocenters. The van der Waals surface area contributed by atoms with E-state index in [1.54, 1.807) is 19.1 Å². The molecule has 0 unspecified atom stereocenters. The van der Waals surface area contributed by atoms with Crippen LogP contribution in [0.15, 0.2) is 60.3 Å². The standard InChI is InChI=1S/C21H23FN2O2/c1-2-26-21(25)23-20-12-13-24(14-16-6-4-3-5-7-16)15-19(20)17-8-10-18(22)11-9-17/h3-11H,2,12-15H2,1H3,(H,23,25). The van der Waals surface area contributed by atoms with Crippen LogP contribution in [0, 0.1) is 5.82 Å². The lowest BCUT2D eigenvalue weighted by Crippen LogP contribution is -2.36. The zero-order valence-electron chi connectivity index (χ0n) is 14.9. The summed E-state index contributed by atoms with van der Waals surface area (Å²) in [5, 5.41) is 2.87. The van der Waals surface area contributed by atoms with Crippen molar-refractivity contribution in [2.24, 2.45) is 0 Å². The van der Waals surface area contributed by atoms with Gasteiger partial charge in [0.05, 0.1) is 6.61 Å². The number of benzene rings is 2. The molecule has 1 N–H and O–H groups in total. The van der Waals surface area contributed by atoms with E-state index in [4.69, 9.17) is 4.74 Å². The minimum atomic E-state index is -0.446. The van der Waals surface area contributed by atoms with E-state index < -0.39 is 6.09 Å². The van der Waals surface area contributed by atoms with Crippen LogP contribution in [0.25, 0.3) is 5.57 Å². The lowest BCUT2D eigenvalue weighted by molar-refractivity contribution is 0.154. The summed E-state index contributed by atoms with van der Waals surface area (Å²) in [5.74, 6) is -0.272. The summed E-state index contributed by atoms with van der Waals surface area (Å²) in [6, 6.07) is 16.7. The molecule has 1 amide bonds. The molecule has 5 heteroatoms. The second kappa shape index (κ2) is 8.63. The van der Waals surface area contributed by atoms with Gasteiger partial charge in [0.15, 0.2) is 0 Å². The normalized spacial score (nSPS) is 15.0. The van der Waals surface area contributed by atoms with Gasteiger partial charge in [0, 0.05) is 31.8 Å². The molecule has 136 valence electrons. The fraction of sp³-hybridized carbons (Fsp3) is 0.286. The molecule has 0 saturated heterocycles. The van der Waals surface area contributed by atoms with Crippen LogP contribution in [0.1, 0.15) is 24.5 Å². The fourth-order valence-electron chi connectivity index (χ4n) is 3.14. The van der Waals surface area contributed by atoms with Crippen molar-refractivity contribution in [2.75, 3.05) is 19.7 Å². The number of rotatable bonds is 5. The first-order valence-electron chi connectivity index (χ1n) is 8.83. The first-order chi connectivity index (χ1) is 12.7. The Morgan fingerprint density at radius 3 is 2.58 bits per heavy atom. The summed E-state index contributed by atoms with van der Waals surface area (Å²) in [4.78, 5) is 14.2. The predicted octanol–water partition coefficient (Wildman–Crippen LogP) is 4.19. The van der Waals surface area contributed by atoms with E-state index >= 15 is 0 Å². The number of hydrogen-bond donors (Lipinski definition) is 1. The maximum absolute atomic E-state index is 13.3. The van der Waals surface area contributed by atoms with Gasteiger partial charge < -0.3 is 4.74 Å². The SMILES string of the molecule is CCOC(=O)NC1=C(c2ccc(F)cc2)CN(Cc2ccccc2)CC1. The van der Waals surface area contributed by atoms with Crippen LogP contribution in [0.4, 0.5) is 9.18 Å². The number of ether oxygens (including phenoxy) is 1. The Hall–Kier alpha value is -2.66. The van der Waals surface area contributed by atoms with Crippen molar-refractivity contribution in [1.29, 1.82) is 0 Å². The highest BCUT2D eigenvalue weighted by atomic mass is 19.1. The van der Waals surface area contributed by atoms with Crippen molar-refractivity contribution in [3.8, 4) is 0 Å². The van der Waals surface area contributed by atoms with Crippen LogP contribution >= 0.6 is 0 Å². The summed E-state index contributed by atoms with van der Waals surface area (Å²) in [6.07, 6.45) is 0.261. The number of halogens is 1. The Bertz CT molecular complexity index is 772. The Labute approximate surface area is 153 Å². The molecule has 3 rings (SSSR count). The molecule has 1 aliphatic heterocycles. The van der Waals surface area contributed by atoms with Crippen molar-refractivity contribution in [3.05, 3.63) is 77.2 Å². The molecule has 0 aromatic heterocycles. The highest BCUT2D eigenvalue weighted by Crippen LogP contribution is 2.26. The van der Waals surface area contributed by atoms with E-state index in [1.807, 2.05) is 18.2 Å². The van der Waals surface area contributed by atoms with Crippen LogP contribution in [-0.2, 0) is 11.3 Å². The summed E-state index contributed by atoms with van der Waals surface area (Å²) >= 11 is 0. The highest BCUT2D eigenvalue weighted by Gasteiger charge is 2.22. The third-order valence-corrected chi connectivity index (χ3v) is 4.39. The van der Waals surface area contributed by atoms with E-state index in [0.29, 0.717) is 19.6 Å². The molecule has 0 fully saturated rings. The van der Waals surface area contributed by atoms with Crippen molar-refractivity contribution in [2.45, 2.75) is 19.9 Å². The molecule has 0 spiro atoms. The van der Waals surface area contributed by atoms with Crippen LogP contribution in [0.2, 0.25) is 0 Å². The minimum absolute atomic E-state index is 0.272. The molecule has 2 aromatic carbocycles. The van der Waals surface area contributed by atoms with Gasteiger partial charge in [-0.3, -0.25) is 10.2 Å². The quantitative estimate of drug-likeness (QED) is 0.875. The number of hydrogen-bond acceptors (Lipinski definition) is 3. The van der Waals surface area contributed by atoms with Gasteiger partial charge >= 0.3 is 6.09 Å². The van der Waals surface area contributed by atoms with Gasteiger partial charge in [-0.05, 0) is 35.8 Å². The van der Waals surface area contributed by atoms with Crippen LogP contribution in [0.5, 0.6) is 0 Å².